The van der Waals surface area contributed by atoms with Crippen LogP contribution in [-0.2, 0) is 4.74 Å². The Bertz CT molecular complexity index is 201. The summed E-state index contributed by atoms with van der Waals surface area (Å²) < 4.78 is 30.9. The van der Waals surface area contributed by atoms with Crippen molar-refractivity contribution >= 4 is 0 Å². The van der Waals surface area contributed by atoms with Gasteiger partial charge in [-0.3, -0.25) is 0 Å². The molecule has 0 saturated carbocycles. The molecule has 0 spiro atoms. The van der Waals surface area contributed by atoms with Gasteiger partial charge in [-0.05, 0) is 19.5 Å². The number of hydrogen-bond donors (Lipinski definition) is 0. The van der Waals surface area contributed by atoms with E-state index in [-0.39, 0.29) is 0 Å². The van der Waals surface area contributed by atoms with Crippen molar-refractivity contribution in [1.29, 1.82) is 0 Å². The first kappa shape index (κ1) is 12.8. The summed E-state index contributed by atoms with van der Waals surface area (Å²) in [7, 11) is 1.58. The van der Waals surface area contributed by atoms with Gasteiger partial charge in [0.1, 0.15) is 0 Å². The lowest BCUT2D eigenvalue weighted by Gasteiger charge is -2.45. The average molecular weight is 221 g/mol. The molecule has 15 heavy (non-hydrogen) atoms. The summed E-state index contributed by atoms with van der Waals surface area (Å²) in [5.74, 6) is -0.528. The molecule has 2 atom stereocenters. The van der Waals surface area contributed by atoms with Crippen LogP contribution in [0.5, 0.6) is 0 Å². The van der Waals surface area contributed by atoms with Gasteiger partial charge in [0.2, 0.25) is 6.43 Å². The molecule has 2 nitrogen and oxygen atoms in total. The fourth-order valence-electron chi connectivity index (χ4n) is 2.56. The van der Waals surface area contributed by atoms with Gasteiger partial charge in [0.25, 0.3) is 0 Å². The summed E-state index contributed by atoms with van der Waals surface area (Å²) in [5.41, 5.74) is -0.406. The molecule has 0 N–H and O–H groups in total. The number of piperidine rings is 1. The zero-order valence-electron chi connectivity index (χ0n) is 9.80. The smallest absolute Gasteiger partial charge is 0.242 e. The number of likely N-dealkylation sites (tertiary alicyclic amines) is 1. The first-order chi connectivity index (χ1) is 7.03. The minimum absolute atomic E-state index is 0.406. The van der Waals surface area contributed by atoms with Crippen LogP contribution in [0.4, 0.5) is 8.78 Å². The van der Waals surface area contributed by atoms with Crippen LogP contribution in [0.2, 0.25) is 0 Å². The number of nitrogens with zero attached hydrogens (tertiary/aromatic N) is 1. The van der Waals surface area contributed by atoms with Crippen molar-refractivity contribution in [1.82, 2.24) is 4.90 Å². The molecular formula is C11H21F2NO. The largest absolute Gasteiger partial charge is 0.384 e. The Kier molecular flexibility index (Phi) is 4.46. The third-order valence-electron chi connectivity index (χ3n) is 3.46. The van der Waals surface area contributed by atoms with Gasteiger partial charge >= 0.3 is 0 Å². The van der Waals surface area contributed by atoms with Crippen LogP contribution in [0, 0.1) is 11.3 Å². The number of halogens is 2. The van der Waals surface area contributed by atoms with Crippen molar-refractivity contribution in [3.05, 3.63) is 0 Å². The van der Waals surface area contributed by atoms with Crippen molar-refractivity contribution < 1.29 is 13.5 Å². The molecule has 0 aromatic heterocycles. The minimum atomic E-state index is -2.23. The molecule has 90 valence electrons. The van der Waals surface area contributed by atoms with Crippen LogP contribution < -0.4 is 0 Å². The molecule has 0 radical (unpaired) electrons. The summed E-state index contributed by atoms with van der Waals surface area (Å²) in [6.07, 6.45) is -1.66. The predicted octanol–water partition coefficient (Wildman–Crippen LogP) is 2.25. The molecule has 1 saturated heterocycles. The molecule has 0 aliphatic carbocycles. The van der Waals surface area contributed by atoms with Gasteiger partial charge in [-0.15, -0.1) is 0 Å². The molecule has 1 heterocycles. The third kappa shape index (κ3) is 2.88. The Morgan fingerprint density at radius 1 is 1.53 bits per heavy atom. The summed E-state index contributed by atoms with van der Waals surface area (Å²) in [6, 6.07) is 0. The van der Waals surface area contributed by atoms with Crippen LogP contribution in [0.3, 0.4) is 0 Å². The lowest BCUT2D eigenvalue weighted by atomic mass is 9.73. The predicted molar refractivity (Wildman–Crippen MR) is 56.2 cm³/mol. The van der Waals surface area contributed by atoms with Gasteiger partial charge < -0.3 is 9.64 Å². The molecular weight excluding hydrogens is 200 g/mol. The molecule has 1 aliphatic heterocycles. The summed E-state index contributed by atoms with van der Waals surface area (Å²) >= 11 is 0. The standard InChI is InChI=1S/C11H21F2NO/c1-4-14-6-5-9(10(12)13)11(2,7-14)8-15-3/h9-10H,4-8H2,1-3H3/t9-,11+/m1/s1. The van der Waals surface area contributed by atoms with Crippen LogP contribution in [0.15, 0.2) is 0 Å². The second kappa shape index (κ2) is 5.21. The molecule has 4 heteroatoms. The van der Waals surface area contributed by atoms with E-state index in [2.05, 4.69) is 11.8 Å². The molecule has 0 aromatic rings. The van der Waals surface area contributed by atoms with Crippen molar-refractivity contribution in [2.45, 2.75) is 26.7 Å². The SMILES string of the molecule is CCN1CC[C@H](C(F)F)[C@](C)(COC)C1. The maximum atomic E-state index is 12.9. The first-order valence-corrected chi connectivity index (χ1v) is 5.53. The van der Waals surface area contributed by atoms with E-state index in [0.717, 1.165) is 13.1 Å². The lowest BCUT2D eigenvalue weighted by molar-refractivity contribution is -0.0832. The highest BCUT2D eigenvalue weighted by Gasteiger charge is 2.43. The van der Waals surface area contributed by atoms with Gasteiger partial charge in [-0.1, -0.05) is 13.8 Å². The van der Waals surface area contributed by atoms with Crippen molar-refractivity contribution in [2.75, 3.05) is 33.4 Å². The Morgan fingerprint density at radius 2 is 2.20 bits per heavy atom. The van der Waals surface area contributed by atoms with Crippen molar-refractivity contribution in [2.24, 2.45) is 11.3 Å². The fourth-order valence-corrected chi connectivity index (χ4v) is 2.56. The number of ether oxygens (including phenoxy) is 1. The molecule has 0 aromatic carbocycles. The second-order valence-electron chi connectivity index (χ2n) is 4.69. The number of methoxy groups -OCH3 is 1. The Morgan fingerprint density at radius 3 is 2.67 bits per heavy atom. The quantitative estimate of drug-likeness (QED) is 0.722. The van der Waals surface area contributed by atoms with Gasteiger partial charge in [0.05, 0.1) is 6.61 Å². The third-order valence-corrected chi connectivity index (χ3v) is 3.46. The Balaban J connectivity index is 2.72. The highest BCUT2D eigenvalue weighted by Crippen LogP contribution is 2.39. The van der Waals surface area contributed by atoms with E-state index in [4.69, 9.17) is 4.74 Å². The normalized spacial score (nSPS) is 33.6. The van der Waals surface area contributed by atoms with E-state index >= 15 is 0 Å². The maximum absolute atomic E-state index is 12.9. The van der Waals surface area contributed by atoms with Crippen LogP contribution >= 0.6 is 0 Å². The highest BCUT2D eigenvalue weighted by atomic mass is 19.3. The molecule has 1 aliphatic rings. The van der Waals surface area contributed by atoms with Crippen molar-refractivity contribution in [3.8, 4) is 0 Å². The molecule has 1 rings (SSSR count). The second-order valence-corrected chi connectivity index (χ2v) is 4.69. The average Bonchev–Trinajstić information content (AvgIpc) is 2.16. The van der Waals surface area contributed by atoms with E-state index < -0.39 is 17.8 Å². The van der Waals surface area contributed by atoms with Gasteiger partial charge in [0.15, 0.2) is 0 Å². The van der Waals surface area contributed by atoms with E-state index in [9.17, 15) is 8.78 Å². The van der Waals surface area contributed by atoms with Gasteiger partial charge in [-0.2, -0.15) is 0 Å². The lowest BCUT2D eigenvalue weighted by Crippen LogP contribution is -2.51. The topological polar surface area (TPSA) is 12.5 Å². The summed E-state index contributed by atoms with van der Waals surface area (Å²) in [5, 5.41) is 0. The van der Waals surface area contributed by atoms with Gasteiger partial charge in [-0.25, -0.2) is 8.78 Å². The fraction of sp³-hybridized carbons (Fsp3) is 1.00. The molecule has 0 unspecified atom stereocenters. The zero-order chi connectivity index (χ0) is 11.5. The molecule has 1 fully saturated rings. The zero-order valence-corrected chi connectivity index (χ0v) is 9.80. The van der Waals surface area contributed by atoms with E-state index in [1.807, 2.05) is 6.92 Å². The maximum Gasteiger partial charge on any atom is 0.242 e. The highest BCUT2D eigenvalue weighted by molar-refractivity contribution is 4.91. The van der Waals surface area contributed by atoms with Gasteiger partial charge in [0, 0.05) is 25.0 Å². The van der Waals surface area contributed by atoms with E-state index in [0.29, 0.717) is 19.6 Å². The number of hydrogen-bond acceptors (Lipinski definition) is 2. The van der Waals surface area contributed by atoms with Crippen LogP contribution in [0.1, 0.15) is 20.3 Å². The number of rotatable bonds is 4. The Hall–Kier alpha value is -0.220. The van der Waals surface area contributed by atoms with Crippen LogP contribution in [0.25, 0.3) is 0 Å². The summed E-state index contributed by atoms with van der Waals surface area (Å²) in [6.45, 7) is 6.82. The van der Waals surface area contributed by atoms with E-state index in [1.54, 1.807) is 7.11 Å². The first-order valence-electron chi connectivity index (χ1n) is 5.53. The van der Waals surface area contributed by atoms with E-state index in [1.165, 1.54) is 0 Å². The number of alkyl halides is 2. The molecule has 0 bridgehead atoms. The molecule has 0 amide bonds. The monoisotopic (exact) mass is 221 g/mol. The Labute approximate surface area is 90.6 Å². The van der Waals surface area contributed by atoms with Crippen molar-refractivity contribution in [3.63, 3.8) is 0 Å². The van der Waals surface area contributed by atoms with Crippen LogP contribution in [-0.4, -0.2) is 44.7 Å². The summed E-state index contributed by atoms with van der Waals surface area (Å²) in [4.78, 5) is 2.22. The minimum Gasteiger partial charge on any atom is -0.384 e.